The van der Waals surface area contributed by atoms with Crippen LogP contribution in [-0.2, 0) is 11.3 Å². The lowest BCUT2D eigenvalue weighted by Crippen LogP contribution is -2.20. The minimum absolute atomic E-state index is 0.0127. The second-order valence-corrected chi connectivity index (χ2v) is 6.26. The van der Waals surface area contributed by atoms with E-state index in [1.807, 2.05) is 0 Å². The molecule has 1 heterocycles. The van der Waals surface area contributed by atoms with Gasteiger partial charge in [0.1, 0.15) is 11.9 Å². The molecule has 30 heavy (non-hydrogen) atoms. The molecule has 10 heteroatoms. The third-order valence-corrected chi connectivity index (χ3v) is 4.27. The average Bonchev–Trinajstić information content (AvgIpc) is 3.09. The van der Waals surface area contributed by atoms with Crippen molar-refractivity contribution in [3.8, 4) is 11.4 Å². The molecule has 0 saturated carbocycles. The average molecular weight is 421 g/mol. The van der Waals surface area contributed by atoms with E-state index in [1.54, 1.807) is 18.2 Å². The van der Waals surface area contributed by atoms with Crippen LogP contribution in [0.5, 0.6) is 5.75 Å². The van der Waals surface area contributed by atoms with Crippen molar-refractivity contribution in [3.63, 3.8) is 0 Å². The lowest BCUT2D eigenvalue weighted by molar-refractivity contribution is -0.274. The smallest absolute Gasteiger partial charge is 0.406 e. The summed E-state index contributed by atoms with van der Waals surface area (Å²) in [4.78, 5) is 11.6. The summed E-state index contributed by atoms with van der Waals surface area (Å²) in [7, 11) is 0. The van der Waals surface area contributed by atoms with Crippen LogP contribution in [0.15, 0.2) is 55.1 Å². The number of nitrogens with zero attached hydrogens (tertiary/aromatic N) is 2. The Bertz CT molecular complexity index is 1060. The largest absolute Gasteiger partial charge is 0.573 e. The van der Waals surface area contributed by atoms with E-state index >= 15 is 0 Å². The van der Waals surface area contributed by atoms with Crippen LogP contribution in [0.4, 0.5) is 13.2 Å². The van der Waals surface area contributed by atoms with Gasteiger partial charge in [0.05, 0.1) is 30.0 Å². The Kier molecular flexibility index (Phi) is 6.09. The van der Waals surface area contributed by atoms with Gasteiger partial charge < -0.3 is 20.3 Å². The van der Waals surface area contributed by atoms with Crippen LogP contribution in [0, 0.1) is 0 Å². The van der Waals surface area contributed by atoms with E-state index in [9.17, 15) is 28.2 Å². The highest BCUT2D eigenvalue weighted by Gasteiger charge is 2.31. The molecule has 3 rings (SSSR count). The van der Waals surface area contributed by atoms with E-state index < -0.39 is 25.0 Å². The fraction of sp³-hybridized carbons (Fsp3) is 0.200. The van der Waals surface area contributed by atoms with Crippen molar-refractivity contribution in [2.24, 2.45) is 0 Å². The first-order chi connectivity index (χ1) is 14.2. The molecule has 1 aromatic heterocycles. The van der Waals surface area contributed by atoms with Gasteiger partial charge in [0.2, 0.25) is 5.91 Å². The van der Waals surface area contributed by atoms with Gasteiger partial charge in [-0.05, 0) is 42.0 Å². The number of aromatic nitrogens is 2. The number of fused-ring (bicyclic) bond motifs is 1. The summed E-state index contributed by atoms with van der Waals surface area (Å²) >= 11 is 0. The Morgan fingerprint density at radius 3 is 2.57 bits per heavy atom. The standard InChI is InChI=1S/C20H18F3N3O4/c1-2-18(29)24-10-15-19-14(17(28)11-27)4-3-5-16(19)26(25-15)12-6-8-13(9-7-12)30-20(21,22)23/h2-9,17,27-28H,1,10-11H2,(H,24,29)/t17-/m0/s1. The third-order valence-electron chi connectivity index (χ3n) is 4.27. The van der Waals surface area contributed by atoms with Crippen molar-refractivity contribution in [2.45, 2.75) is 19.0 Å². The first kappa shape index (κ1) is 21.3. The molecule has 1 atom stereocenters. The minimum atomic E-state index is -4.80. The number of aliphatic hydroxyl groups excluding tert-OH is 2. The maximum absolute atomic E-state index is 12.4. The molecule has 0 spiro atoms. The molecule has 3 aromatic rings. The maximum Gasteiger partial charge on any atom is 0.573 e. The van der Waals surface area contributed by atoms with Gasteiger partial charge >= 0.3 is 6.36 Å². The second-order valence-electron chi connectivity index (χ2n) is 6.26. The number of nitrogens with one attached hydrogen (secondary N) is 1. The SMILES string of the molecule is C=CC(=O)NCc1nn(-c2ccc(OC(F)(F)F)cc2)c2cccc([C@@H](O)CO)c12. The van der Waals surface area contributed by atoms with Crippen molar-refractivity contribution < 1.29 is 32.9 Å². The number of ether oxygens (including phenoxy) is 1. The molecule has 7 nitrogen and oxygen atoms in total. The Morgan fingerprint density at radius 2 is 1.97 bits per heavy atom. The second kappa shape index (κ2) is 8.56. The number of amides is 1. The Hall–Kier alpha value is -3.37. The number of aliphatic hydroxyl groups is 2. The molecule has 3 N–H and O–H groups in total. The van der Waals surface area contributed by atoms with Crippen molar-refractivity contribution in [3.05, 3.63) is 66.4 Å². The lowest BCUT2D eigenvalue weighted by Gasteiger charge is -2.11. The minimum Gasteiger partial charge on any atom is -0.406 e. The molecule has 0 aliphatic heterocycles. The van der Waals surface area contributed by atoms with Gasteiger partial charge in [-0.3, -0.25) is 4.79 Å². The van der Waals surface area contributed by atoms with Crippen LogP contribution < -0.4 is 10.1 Å². The Labute approximate surface area is 169 Å². The number of halogens is 3. The zero-order valence-electron chi connectivity index (χ0n) is 15.6. The lowest BCUT2D eigenvalue weighted by atomic mass is 10.0. The highest BCUT2D eigenvalue weighted by Crippen LogP contribution is 2.30. The van der Waals surface area contributed by atoms with Crippen LogP contribution in [0.25, 0.3) is 16.6 Å². The quantitative estimate of drug-likeness (QED) is 0.510. The summed E-state index contributed by atoms with van der Waals surface area (Å²) in [6.07, 6.45) is -4.88. The molecule has 0 radical (unpaired) electrons. The zero-order valence-corrected chi connectivity index (χ0v) is 15.6. The maximum atomic E-state index is 12.4. The molecule has 0 aliphatic carbocycles. The Morgan fingerprint density at radius 1 is 1.27 bits per heavy atom. The van der Waals surface area contributed by atoms with E-state index in [-0.39, 0.29) is 12.3 Å². The van der Waals surface area contributed by atoms with E-state index in [1.165, 1.54) is 16.8 Å². The van der Waals surface area contributed by atoms with Crippen LogP contribution in [0.3, 0.4) is 0 Å². The van der Waals surface area contributed by atoms with E-state index in [0.29, 0.717) is 27.8 Å². The van der Waals surface area contributed by atoms with Gasteiger partial charge in [0.15, 0.2) is 0 Å². The molecule has 0 aliphatic rings. The number of hydrogen-bond acceptors (Lipinski definition) is 5. The Balaban J connectivity index is 2.08. The van der Waals surface area contributed by atoms with Crippen LogP contribution in [0.1, 0.15) is 17.4 Å². The fourth-order valence-corrected chi connectivity index (χ4v) is 3.00. The summed E-state index contributed by atoms with van der Waals surface area (Å²) in [6, 6.07) is 10.1. The summed E-state index contributed by atoms with van der Waals surface area (Å²) in [6.45, 7) is 2.87. The van der Waals surface area contributed by atoms with Crippen molar-refractivity contribution in [1.82, 2.24) is 15.1 Å². The monoisotopic (exact) mass is 421 g/mol. The van der Waals surface area contributed by atoms with Gasteiger partial charge in [0.25, 0.3) is 0 Å². The van der Waals surface area contributed by atoms with Gasteiger partial charge in [-0.2, -0.15) is 5.10 Å². The van der Waals surface area contributed by atoms with Crippen LogP contribution in [-0.4, -0.2) is 38.9 Å². The predicted octanol–water partition coefficient (Wildman–Crippen LogP) is 2.75. The molecular weight excluding hydrogens is 403 g/mol. The van der Waals surface area contributed by atoms with E-state index in [2.05, 4.69) is 21.7 Å². The van der Waals surface area contributed by atoms with Gasteiger partial charge in [-0.1, -0.05) is 18.7 Å². The highest BCUT2D eigenvalue weighted by atomic mass is 19.4. The number of carbonyl (C=O) groups excluding carboxylic acids is 1. The van der Waals surface area contributed by atoms with Crippen molar-refractivity contribution in [1.29, 1.82) is 0 Å². The summed E-state index contributed by atoms with van der Waals surface area (Å²) in [5, 5.41) is 27.1. The number of rotatable bonds is 7. The molecule has 1 amide bonds. The molecular formula is C20H18F3N3O4. The summed E-state index contributed by atoms with van der Waals surface area (Å²) < 4.78 is 42.5. The molecule has 0 saturated heterocycles. The molecule has 0 fully saturated rings. The van der Waals surface area contributed by atoms with Crippen molar-refractivity contribution in [2.75, 3.05) is 6.61 Å². The number of benzene rings is 2. The zero-order chi connectivity index (χ0) is 21.9. The fourth-order valence-electron chi connectivity index (χ4n) is 3.00. The molecule has 0 bridgehead atoms. The first-order valence-electron chi connectivity index (χ1n) is 8.79. The van der Waals surface area contributed by atoms with E-state index in [0.717, 1.165) is 18.2 Å². The van der Waals surface area contributed by atoms with Gasteiger partial charge in [-0.15, -0.1) is 13.2 Å². The van der Waals surface area contributed by atoms with Gasteiger partial charge in [-0.25, -0.2) is 4.68 Å². The highest BCUT2D eigenvalue weighted by molar-refractivity contribution is 5.89. The number of carbonyl (C=O) groups is 1. The molecule has 0 unspecified atom stereocenters. The van der Waals surface area contributed by atoms with Gasteiger partial charge in [0, 0.05) is 5.39 Å². The third kappa shape index (κ3) is 4.61. The van der Waals surface area contributed by atoms with Crippen LogP contribution >= 0.6 is 0 Å². The summed E-state index contributed by atoms with van der Waals surface area (Å²) in [5.74, 6) is -0.802. The predicted molar refractivity (Wildman–Crippen MR) is 102 cm³/mol. The molecule has 2 aromatic carbocycles. The number of hydrogen-bond donors (Lipinski definition) is 3. The topological polar surface area (TPSA) is 96.6 Å². The first-order valence-corrected chi connectivity index (χ1v) is 8.79. The molecule has 158 valence electrons. The number of alkyl halides is 3. The van der Waals surface area contributed by atoms with Crippen LogP contribution in [0.2, 0.25) is 0 Å². The summed E-state index contributed by atoms with van der Waals surface area (Å²) in [5.41, 5.74) is 1.78. The van der Waals surface area contributed by atoms with Crippen molar-refractivity contribution >= 4 is 16.8 Å². The van der Waals surface area contributed by atoms with E-state index in [4.69, 9.17) is 0 Å². The normalized spacial score (nSPS) is 12.6.